The van der Waals surface area contributed by atoms with E-state index in [1.54, 1.807) is 6.20 Å². The molecule has 0 spiro atoms. The van der Waals surface area contributed by atoms with Crippen molar-refractivity contribution in [2.75, 3.05) is 0 Å². The Bertz CT molecular complexity index is 452. The van der Waals surface area contributed by atoms with Crippen molar-refractivity contribution >= 4 is 0 Å². The fourth-order valence-corrected chi connectivity index (χ4v) is 1.92. The van der Waals surface area contributed by atoms with E-state index in [0.717, 1.165) is 17.7 Å². The zero-order chi connectivity index (χ0) is 10.3. The molecule has 0 bridgehead atoms. The molecule has 5 nitrogen and oxygen atoms in total. The molecule has 1 aliphatic carbocycles. The van der Waals surface area contributed by atoms with E-state index in [0.29, 0.717) is 6.04 Å². The molecule has 0 radical (unpaired) electrons. The van der Waals surface area contributed by atoms with Crippen LogP contribution in [0.5, 0.6) is 0 Å². The lowest BCUT2D eigenvalue weighted by molar-refractivity contribution is 0.610. The molecule has 15 heavy (non-hydrogen) atoms. The molecule has 0 unspecified atom stereocenters. The summed E-state index contributed by atoms with van der Waals surface area (Å²) in [6.07, 6.45) is 7.14. The number of nitrogens with one attached hydrogen (secondary N) is 1. The summed E-state index contributed by atoms with van der Waals surface area (Å²) in [6.45, 7) is 2.15. The Morgan fingerprint density at radius 1 is 1.47 bits per heavy atom. The average molecular weight is 203 g/mol. The van der Waals surface area contributed by atoms with Gasteiger partial charge in [0, 0.05) is 11.3 Å². The van der Waals surface area contributed by atoms with Crippen LogP contribution in [-0.2, 0) is 6.42 Å². The van der Waals surface area contributed by atoms with Gasteiger partial charge in [-0.2, -0.15) is 20.5 Å². The van der Waals surface area contributed by atoms with Gasteiger partial charge in [0.1, 0.15) is 5.69 Å². The molecule has 5 heteroatoms. The van der Waals surface area contributed by atoms with E-state index in [1.165, 1.54) is 18.5 Å². The van der Waals surface area contributed by atoms with Crippen LogP contribution < -0.4 is 0 Å². The van der Waals surface area contributed by atoms with Crippen LogP contribution in [0.4, 0.5) is 0 Å². The minimum Gasteiger partial charge on any atom is -0.266 e. The van der Waals surface area contributed by atoms with Gasteiger partial charge in [0.2, 0.25) is 0 Å². The van der Waals surface area contributed by atoms with Crippen molar-refractivity contribution < 1.29 is 0 Å². The molecule has 0 aromatic carbocycles. The lowest BCUT2D eigenvalue weighted by Gasteiger charge is -2.04. The summed E-state index contributed by atoms with van der Waals surface area (Å²) in [5.74, 6) is 0. The van der Waals surface area contributed by atoms with Crippen molar-refractivity contribution in [2.45, 2.75) is 32.2 Å². The molecule has 0 saturated heterocycles. The zero-order valence-corrected chi connectivity index (χ0v) is 8.64. The summed E-state index contributed by atoms with van der Waals surface area (Å²) >= 11 is 0. The molecule has 1 fully saturated rings. The second kappa shape index (κ2) is 3.18. The van der Waals surface area contributed by atoms with Crippen molar-refractivity contribution in [3.05, 3.63) is 18.1 Å². The quantitative estimate of drug-likeness (QED) is 0.823. The van der Waals surface area contributed by atoms with E-state index < -0.39 is 0 Å². The Morgan fingerprint density at radius 2 is 2.33 bits per heavy atom. The maximum absolute atomic E-state index is 4.44. The lowest BCUT2D eigenvalue weighted by Crippen LogP contribution is -2.01. The van der Waals surface area contributed by atoms with Gasteiger partial charge >= 0.3 is 0 Å². The number of H-pyrrole nitrogens is 1. The highest BCUT2D eigenvalue weighted by molar-refractivity contribution is 5.60. The van der Waals surface area contributed by atoms with Gasteiger partial charge in [-0.1, -0.05) is 6.92 Å². The molecular weight excluding hydrogens is 190 g/mol. The fourth-order valence-electron chi connectivity index (χ4n) is 1.92. The van der Waals surface area contributed by atoms with Crippen molar-refractivity contribution in [2.24, 2.45) is 0 Å². The summed E-state index contributed by atoms with van der Waals surface area (Å²) in [6, 6.07) is 0.626. The Balaban J connectivity index is 2.07. The fraction of sp³-hybridized carbons (Fsp3) is 0.500. The Morgan fingerprint density at radius 3 is 2.93 bits per heavy atom. The van der Waals surface area contributed by atoms with Crippen LogP contribution in [0, 0.1) is 0 Å². The molecule has 0 amide bonds. The highest BCUT2D eigenvalue weighted by Gasteiger charge is 2.27. The molecule has 2 aromatic heterocycles. The topological polar surface area (TPSA) is 59.4 Å². The van der Waals surface area contributed by atoms with E-state index in [2.05, 4.69) is 32.1 Å². The minimum atomic E-state index is 0.626. The molecular formula is C10H13N5. The van der Waals surface area contributed by atoms with Crippen molar-refractivity contribution in [3.63, 3.8) is 0 Å². The van der Waals surface area contributed by atoms with Gasteiger partial charge in [-0.25, -0.2) is 0 Å². The van der Waals surface area contributed by atoms with Gasteiger partial charge in [-0.15, -0.1) is 0 Å². The zero-order valence-electron chi connectivity index (χ0n) is 8.64. The van der Waals surface area contributed by atoms with Crippen LogP contribution in [-0.4, -0.2) is 25.2 Å². The molecule has 1 saturated carbocycles. The first-order chi connectivity index (χ1) is 7.40. The van der Waals surface area contributed by atoms with Gasteiger partial charge in [-0.05, 0) is 19.3 Å². The van der Waals surface area contributed by atoms with E-state index in [9.17, 15) is 0 Å². The van der Waals surface area contributed by atoms with Crippen LogP contribution >= 0.6 is 0 Å². The number of aromatic amines is 1. The van der Waals surface area contributed by atoms with E-state index >= 15 is 0 Å². The predicted octanol–water partition coefficient (Wildman–Crippen LogP) is 1.57. The number of aromatic nitrogens is 5. The normalized spacial score (nSPS) is 15.8. The molecule has 0 aliphatic heterocycles. The van der Waals surface area contributed by atoms with Crippen molar-refractivity contribution in [1.29, 1.82) is 0 Å². The van der Waals surface area contributed by atoms with Gasteiger partial charge in [-0.3, -0.25) is 4.68 Å². The van der Waals surface area contributed by atoms with Crippen LogP contribution in [0.15, 0.2) is 12.4 Å². The lowest BCUT2D eigenvalue weighted by atomic mass is 10.1. The Hall–Kier alpha value is -1.65. The molecule has 3 rings (SSSR count). The second-order valence-electron chi connectivity index (χ2n) is 3.89. The summed E-state index contributed by atoms with van der Waals surface area (Å²) < 4.78 is 2.14. The van der Waals surface area contributed by atoms with Gasteiger partial charge in [0.25, 0.3) is 0 Å². The van der Waals surface area contributed by atoms with E-state index in [4.69, 9.17) is 0 Å². The maximum Gasteiger partial charge on any atom is 0.116 e. The Labute approximate surface area is 87.5 Å². The summed E-state index contributed by atoms with van der Waals surface area (Å²) in [7, 11) is 0. The first kappa shape index (κ1) is 8.64. The molecule has 1 N–H and O–H groups in total. The first-order valence-corrected chi connectivity index (χ1v) is 5.32. The third-order valence-electron chi connectivity index (χ3n) is 2.82. The van der Waals surface area contributed by atoms with Crippen LogP contribution in [0.3, 0.4) is 0 Å². The molecule has 2 heterocycles. The highest BCUT2D eigenvalue weighted by atomic mass is 15.3. The minimum absolute atomic E-state index is 0.626. The highest BCUT2D eigenvalue weighted by Crippen LogP contribution is 2.37. The second-order valence-corrected chi connectivity index (χ2v) is 3.89. The van der Waals surface area contributed by atoms with E-state index in [1.807, 2.05) is 6.20 Å². The monoisotopic (exact) mass is 203 g/mol. The van der Waals surface area contributed by atoms with Crippen molar-refractivity contribution in [1.82, 2.24) is 25.2 Å². The number of hydrogen-bond donors (Lipinski definition) is 1. The first-order valence-electron chi connectivity index (χ1n) is 5.32. The summed E-state index contributed by atoms with van der Waals surface area (Å²) in [4.78, 5) is 0. The average Bonchev–Trinajstić information content (AvgIpc) is 2.83. The van der Waals surface area contributed by atoms with Crippen molar-refractivity contribution in [3.8, 4) is 11.3 Å². The number of rotatable bonds is 3. The third-order valence-corrected chi connectivity index (χ3v) is 2.82. The largest absolute Gasteiger partial charge is 0.266 e. The van der Waals surface area contributed by atoms with Crippen LogP contribution in [0.1, 0.15) is 31.5 Å². The third kappa shape index (κ3) is 1.35. The molecule has 2 aromatic rings. The predicted molar refractivity (Wildman–Crippen MR) is 55.3 cm³/mol. The maximum atomic E-state index is 4.44. The Kier molecular flexibility index (Phi) is 1.83. The molecule has 1 aliphatic rings. The smallest absolute Gasteiger partial charge is 0.116 e. The summed E-state index contributed by atoms with van der Waals surface area (Å²) in [5, 5.41) is 15.0. The SMILES string of the molecule is CCc1c(-c2cn[nH]n2)cnn1C1CC1. The number of nitrogens with zero attached hydrogens (tertiary/aromatic N) is 4. The number of hydrogen-bond acceptors (Lipinski definition) is 3. The van der Waals surface area contributed by atoms with Crippen LogP contribution in [0.25, 0.3) is 11.3 Å². The molecule has 78 valence electrons. The van der Waals surface area contributed by atoms with Gasteiger partial charge in [0.15, 0.2) is 0 Å². The molecule has 0 atom stereocenters. The standard InChI is InChI=1S/C10H13N5/c1-2-10-8(9-6-11-14-13-9)5-12-15(10)7-3-4-7/h5-7H,2-4H2,1H3,(H,11,13,14). The van der Waals surface area contributed by atoms with Crippen LogP contribution in [0.2, 0.25) is 0 Å². The van der Waals surface area contributed by atoms with Gasteiger partial charge in [0.05, 0.1) is 18.4 Å². The van der Waals surface area contributed by atoms with E-state index in [-0.39, 0.29) is 0 Å². The summed E-state index contributed by atoms with van der Waals surface area (Å²) in [5.41, 5.74) is 3.27. The van der Waals surface area contributed by atoms with Gasteiger partial charge < -0.3 is 0 Å².